The number of fused-ring (bicyclic) bond motifs is 5. The Hall–Kier alpha value is -3.59. The van der Waals surface area contributed by atoms with Gasteiger partial charge in [-0.25, -0.2) is 0 Å². The van der Waals surface area contributed by atoms with E-state index in [2.05, 4.69) is 5.32 Å². The lowest BCUT2D eigenvalue weighted by atomic mass is 9.82. The zero-order valence-electron chi connectivity index (χ0n) is 16.4. The number of ketones is 2. The highest BCUT2D eigenvalue weighted by atomic mass is 16.6. The van der Waals surface area contributed by atoms with Crippen LogP contribution in [0.1, 0.15) is 53.7 Å². The monoisotopic (exact) mass is 410 g/mol. The Morgan fingerprint density at radius 3 is 2.53 bits per heavy atom. The minimum Gasteiger partial charge on any atom is -0.454 e. The molecule has 9 heteroatoms. The minimum atomic E-state index is -2.59. The van der Waals surface area contributed by atoms with Crippen molar-refractivity contribution in [3.63, 3.8) is 0 Å². The van der Waals surface area contributed by atoms with Gasteiger partial charge in [-0.05, 0) is 17.5 Å². The lowest BCUT2D eigenvalue weighted by Gasteiger charge is -2.33. The fourth-order valence-corrected chi connectivity index (χ4v) is 4.13. The zero-order valence-corrected chi connectivity index (χ0v) is 16.4. The van der Waals surface area contributed by atoms with E-state index in [1.807, 2.05) is 13.8 Å². The number of aliphatic hydroxyl groups is 1. The van der Waals surface area contributed by atoms with Crippen molar-refractivity contribution in [3.05, 3.63) is 68.8 Å². The number of rotatable bonds is 4. The van der Waals surface area contributed by atoms with Crippen LogP contribution in [0.4, 0.5) is 5.69 Å². The van der Waals surface area contributed by atoms with Crippen LogP contribution in [0.5, 0.6) is 5.75 Å². The largest absolute Gasteiger partial charge is 0.454 e. The van der Waals surface area contributed by atoms with E-state index in [9.17, 15) is 29.6 Å². The van der Waals surface area contributed by atoms with Crippen molar-refractivity contribution in [1.29, 1.82) is 0 Å². The van der Waals surface area contributed by atoms with E-state index in [0.29, 0.717) is 0 Å². The SMILES string of the molecule is CC(=O)C(=O)NC12C(=O)c3cccc([N+](=O)[O-])c3C1(O)Oc1cc(C(C)C)ccc12. The smallest absolute Gasteiger partial charge is 0.288 e. The molecular weight excluding hydrogens is 392 g/mol. The van der Waals surface area contributed by atoms with E-state index in [0.717, 1.165) is 18.6 Å². The maximum absolute atomic E-state index is 13.5. The highest BCUT2D eigenvalue weighted by Crippen LogP contribution is 2.60. The van der Waals surface area contributed by atoms with Gasteiger partial charge in [0.15, 0.2) is 0 Å². The lowest BCUT2D eigenvalue weighted by molar-refractivity contribution is -0.388. The van der Waals surface area contributed by atoms with Crippen molar-refractivity contribution in [2.24, 2.45) is 0 Å². The van der Waals surface area contributed by atoms with Crippen LogP contribution in [0.2, 0.25) is 0 Å². The fourth-order valence-electron chi connectivity index (χ4n) is 4.13. The van der Waals surface area contributed by atoms with Crippen LogP contribution in [0.25, 0.3) is 0 Å². The van der Waals surface area contributed by atoms with E-state index >= 15 is 0 Å². The Morgan fingerprint density at radius 2 is 1.93 bits per heavy atom. The number of hydrogen-bond donors (Lipinski definition) is 2. The molecule has 2 aliphatic rings. The second-order valence-corrected chi connectivity index (χ2v) is 7.70. The van der Waals surface area contributed by atoms with Crippen molar-refractivity contribution in [1.82, 2.24) is 5.32 Å². The molecule has 30 heavy (non-hydrogen) atoms. The third kappa shape index (κ3) is 2.29. The van der Waals surface area contributed by atoms with E-state index in [-0.39, 0.29) is 28.4 Å². The average molecular weight is 410 g/mol. The third-order valence-electron chi connectivity index (χ3n) is 5.63. The van der Waals surface area contributed by atoms with Gasteiger partial charge in [-0.15, -0.1) is 0 Å². The molecule has 9 nitrogen and oxygen atoms in total. The Morgan fingerprint density at radius 1 is 1.23 bits per heavy atom. The van der Waals surface area contributed by atoms with Gasteiger partial charge in [0, 0.05) is 24.1 Å². The summed E-state index contributed by atoms with van der Waals surface area (Å²) in [5.41, 5.74) is -2.31. The number of hydrogen-bond acceptors (Lipinski definition) is 7. The summed E-state index contributed by atoms with van der Waals surface area (Å²) in [5.74, 6) is -5.21. The standard InChI is InChI=1S/C21H18N2O7/c1-10(2)12-7-8-14-16(9-12)30-21(27)17-13(5-4-6-15(17)23(28)29)18(25)20(14,21)22-19(26)11(3)24/h4-10,27H,1-3H3,(H,22,26). The molecule has 0 fully saturated rings. The van der Waals surface area contributed by atoms with E-state index in [1.54, 1.807) is 12.1 Å². The van der Waals surface area contributed by atoms with E-state index in [4.69, 9.17) is 4.74 Å². The summed E-state index contributed by atoms with van der Waals surface area (Å²) in [6.45, 7) is 4.88. The molecular formula is C21H18N2O7. The second-order valence-electron chi connectivity index (χ2n) is 7.70. The van der Waals surface area contributed by atoms with E-state index in [1.165, 1.54) is 18.2 Å². The van der Waals surface area contributed by atoms with Crippen molar-refractivity contribution in [3.8, 4) is 5.75 Å². The van der Waals surface area contributed by atoms with Crippen molar-refractivity contribution in [2.75, 3.05) is 0 Å². The summed E-state index contributed by atoms with van der Waals surface area (Å²) in [6.07, 6.45) is 0. The van der Waals surface area contributed by atoms with Crippen LogP contribution >= 0.6 is 0 Å². The highest BCUT2D eigenvalue weighted by Gasteiger charge is 2.73. The van der Waals surface area contributed by atoms with Crippen LogP contribution < -0.4 is 10.1 Å². The van der Waals surface area contributed by atoms with Gasteiger partial charge in [-0.2, -0.15) is 0 Å². The number of nitrogens with zero attached hydrogens (tertiary/aromatic N) is 1. The molecule has 154 valence electrons. The molecule has 2 atom stereocenters. The van der Waals surface area contributed by atoms with Gasteiger partial charge in [-0.3, -0.25) is 24.5 Å². The van der Waals surface area contributed by atoms with Gasteiger partial charge >= 0.3 is 0 Å². The molecule has 2 aromatic carbocycles. The number of nitrogens with one attached hydrogen (secondary N) is 1. The van der Waals surface area contributed by atoms with Crippen LogP contribution in [-0.4, -0.2) is 27.5 Å². The maximum Gasteiger partial charge on any atom is 0.288 e. The van der Waals surface area contributed by atoms with Gasteiger partial charge in [0.05, 0.1) is 4.92 Å². The third-order valence-corrected chi connectivity index (χ3v) is 5.63. The lowest BCUT2D eigenvalue weighted by Crippen LogP contribution is -2.61. The number of carbonyl (C=O) groups excluding carboxylic acids is 3. The number of Topliss-reactive ketones (excluding diaryl/α,β-unsaturated/α-hetero) is 2. The quantitative estimate of drug-likeness (QED) is 0.447. The summed E-state index contributed by atoms with van der Waals surface area (Å²) >= 11 is 0. The molecule has 0 radical (unpaired) electrons. The first-order chi connectivity index (χ1) is 14.0. The first-order valence-corrected chi connectivity index (χ1v) is 9.26. The molecule has 1 amide bonds. The number of ether oxygens (including phenoxy) is 1. The molecule has 1 aliphatic heterocycles. The Labute approximate surface area is 170 Å². The summed E-state index contributed by atoms with van der Waals surface area (Å²) in [7, 11) is 0. The number of amides is 1. The predicted octanol–water partition coefficient (Wildman–Crippen LogP) is 2.05. The van der Waals surface area contributed by atoms with Gasteiger partial charge in [-0.1, -0.05) is 38.1 Å². The molecule has 0 saturated heterocycles. The molecule has 0 aromatic heterocycles. The number of carbonyl (C=O) groups is 3. The Bertz CT molecular complexity index is 1160. The first-order valence-electron chi connectivity index (χ1n) is 9.26. The molecule has 2 N–H and O–H groups in total. The van der Waals surface area contributed by atoms with E-state index < -0.39 is 39.4 Å². The second kappa shape index (κ2) is 6.20. The minimum absolute atomic E-state index is 0.0917. The summed E-state index contributed by atoms with van der Waals surface area (Å²) in [6, 6.07) is 8.61. The molecule has 1 aliphatic carbocycles. The van der Waals surface area contributed by atoms with Crippen LogP contribution in [0, 0.1) is 10.1 Å². The Balaban J connectivity index is 2.05. The Kier molecular flexibility index (Phi) is 4.08. The van der Waals surface area contributed by atoms with Crippen LogP contribution in [0.3, 0.4) is 0 Å². The van der Waals surface area contributed by atoms with Crippen LogP contribution in [0.15, 0.2) is 36.4 Å². The molecule has 2 aromatic rings. The highest BCUT2D eigenvalue weighted by molar-refractivity contribution is 6.36. The zero-order chi connectivity index (χ0) is 22.0. The fraction of sp³-hybridized carbons (Fsp3) is 0.286. The molecule has 2 unspecified atom stereocenters. The molecule has 0 saturated carbocycles. The maximum atomic E-state index is 13.5. The summed E-state index contributed by atoms with van der Waals surface area (Å²) in [4.78, 5) is 48.5. The van der Waals surface area contributed by atoms with Crippen LogP contribution in [-0.2, 0) is 20.9 Å². The topological polar surface area (TPSA) is 136 Å². The summed E-state index contributed by atoms with van der Waals surface area (Å²) in [5, 5.41) is 25.6. The van der Waals surface area contributed by atoms with Gasteiger partial charge in [0.2, 0.25) is 17.1 Å². The van der Waals surface area contributed by atoms with Crippen molar-refractivity contribution < 1.29 is 29.2 Å². The normalized spacial score (nSPS) is 23.4. The summed E-state index contributed by atoms with van der Waals surface area (Å²) < 4.78 is 5.79. The molecule has 4 rings (SSSR count). The number of benzene rings is 2. The average Bonchev–Trinajstić information content (AvgIpc) is 3.04. The number of nitro benzene ring substituents is 1. The van der Waals surface area contributed by atoms with Gasteiger partial charge in [0.25, 0.3) is 17.4 Å². The molecule has 0 bridgehead atoms. The molecule has 1 heterocycles. The van der Waals surface area contributed by atoms with Crippen molar-refractivity contribution >= 4 is 23.2 Å². The van der Waals surface area contributed by atoms with Gasteiger partial charge in [0.1, 0.15) is 11.3 Å². The number of nitro groups is 1. The van der Waals surface area contributed by atoms with Gasteiger partial charge < -0.3 is 15.2 Å². The molecule has 0 spiro atoms. The van der Waals surface area contributed by atoms with Crippen molar-refractivity contribution in [2.45, 2.75) is 38.0 Å². The first kappa shape index (κ1) is 19.7. The predicted molar refractivity (Wildman–Crippen MR) is 103 cm³/mol.